The third-order valence-electron chi connectivity index (χ3n) is 3.24. The Balaban J connectivity index is 1.86. The molecule has 0 amide bonds. The van der Waals surface area contributed by atoms with Gasteiger partial charge in [0.2, 0.25) is 0 Å². The van der Waals surface area contributed by atoms with E-state index in [1.165, 1.54) is 12.8 Å². The van der Waals surface area contributed by atoms with E-state index in [9.17, 15) is 4.39 Å². The molecule has 1 aliphatic rings. The van der Waals surface area contributed by atoms with Gasteiger partial charge in [0.1, 0.15) is 5.67 Å². The van der Waals surface area contributed by atoms with Crippen LogP contribution in [-0.2, 0) is 6.42 Å². The molecule has 90 valence electrons. The van der Waals surface area contributed by atoms with E-state index in [4.69, 9.17) is 0 Å². The smallest absolute Gasteiger partial charge is 0.113 e. The van der Waals surface area contributed by atoms with Crippen LogP contribution < -0.4 is 5.32 Å². The van der Waals surface area contributed by atoms with Crippen molar-refractivity contribution in [1.29, 1.82) is 0 Å². The summed E-state index contributed by atoms with van der Waals surface area (Å²) in [5.74, 6) is 0. The summed E-state index contributed by atoms with van der Waals surface area (Å²) in [6.07, 6.45) is 4.80. The van der Waals surface area contributed by atoms with E-state index in [-0.39, 0.29) is 0 Å². The number of hydrogen-bond acceptors (Lipinski definition) is 2. The highest BCUT2D eigenvalue weighted by Crippen LogP contribution is 2.26. The van der Waals surface area contributed by atoms with Gasteiger partial charge in [0.25, 0.3) is 0 Å². The van der Waals surface area contributed by atoms with Gasteiger partial charge in [0, 0.05) is 12.5 Å². The van der Waals surface area contributed by atoms with Crippen LogP contribution in [0.3, 0.4) is 0 Å². The number of rotatable bonds is 4. The first-order chi connectivity index (χ1) is 7.66. The van der Waals surface area contributed by atoms with E-state index < -0.39 is 5.67 Å². The summed E-state index contributed by atoms with van der Waals surface area (Å²) in [5.41, 5.74) is 0.0570. The molecule has 1 nitrogen and oxygen atoms in total. The zero-order chi connectivity index (χ0) is 11.4. The monoisotopic (exact) mass is 241 g/mol. The molecule has 2 atom stereocenters. The van der Waals surface area contributed by atoms with Crippen molar-refractivity contribution >= 4 is 11.3 Å². The Morgan fingerprint density at radius 1 is 1.56 bits per heavy atom. The number of hydrogen-bond donors (Lipinski definition) is 1. The molecular weight excluding hydrogens is 221 g/mol. The van der Waals surface area contributed by atoms with Crippen LogP contribution in [0.1, 0.15) is 38.2 Å². The number of nitrogens with one attached hydrogen (secondary N) is 1. The zero-order valence-corrected chi connectivity index (χ0v) is 10.7. The van der Waals surface area contributed by atoms with Crippen LogP contribution in [0.5, 0.6) is 0 Å². The lowest BCUT2D eigenvalue weighted by molar-refractivity contribution is 0.146. The van der Waals surface area contributed by atoms with Crippen LogP contribution in [0.25, 0.3) is 0 Å². The van der Waals surface area contributed by atoms with Crippen molar-refractivity contribution < 1.29 is 4.39 Å². The molecule has 3 heteroatoms. The third kappa shape index (κ3) is 3.56. The van der Waals surface area contributed by atoms with Crippen molar-refractivity contribution in [3.05, 3.63) is 22.4 Å². The Hall–Kier alpha value is -0.410. The third-order valence-corrected chi connectivity index (χ3v) is 3.97. The Morgan fingerprint density at radius 2 is 2.44 bits per heavy atom. The SMILES string of the molecule is CC(F)(Cc1ccsc1)CC1CCCCN1. The van der Waals surface area contributed by atoms with Gasteiger partial charge in [0.15, 0.2) is 0 Å². The topological polar surface area (TPSA) is 12.0 Å². The van der Waals surface area contributed by atoms with Crippen molar-refractivity contribution in [3.63, 3.8) is 0 Å². The quantitative estimate of drug-likeness (QED) is 0.850. The number of thiophene rings is 1. The highest BCUT2D eigenvalue weighted by molar-refractivity contribution is 7.07. The summed E-state index contributed by atoms with van der Waals surface area (Å²) in [4.78, 5) is 0. The molecule has 0 aromatic carbocycles. The maximum absolute atomic E-state index is 14.4. The molecule has 1 aromatic heterocycles. The molecule has 0 aliphatic carbocycles. The van der Waals surface area contributed by atoms with Crippen molar-refractivity contribution in [2.45, 2.75) is 50.7 Å². The molecule has 0 radical (unpaired) electrons. The molecule has 1 aliphatic heterocycles. The Kier molecular flexibility index (Phi) is 3.98. The Morgan fingerprint density at radius 3 is 3.06 bits per heavy atom. The summed E-state index contributed by atoms with van der Waals surface area (Å²) in [7, 11) is 0. The van der Waals surface area contributed by atoms with Gasteiger partial charge >= 0.3 is 0 Å². The minimum absolute atomic E-state index is 0.377. The lowest BCUT2D eigenvalue weighted by Gasteiger charge is -2.29. The van der Waals surface area contributed by atoms with E-state index in [0.29, 0.717) is 18.9 Å². The normalized spacial score (nSPS) is 25.2. The van der Waals surface area contributed by atoms with E-state index in [1.54, 1.807) is 18.3 Å². The second-order valence-corrected chi connectivity index (χ2v) is 5.85. The molecular formula is C13H20FNS. The molecule has 0 bridgehead atoms. The van der Waals surface area contributed by atoms with Crippen molar-refractivity contribution in [3.8, 4) is 0 Å². The van der Waals surface area contributed by atoms with Crippen molar-refractivity contribution in [2.24, 2.45) is 0 Å². The summed E-state index contributed by atoms with van der Waals surface area (Å²) >= 11 is 1.64. The maximum Gasteiger partial charge on any atom is 0.113 e. The fourth-order valence-corrected chi connectivity index (χ4v) is 3.17. The lowest BCUT2D eigenvalue weighted by Crippen LogP contribution is -2.39. The average molecular weight is 241 g/mol. The highest BCUT2D eigenvalue weighted by atomic mass is 32.1. The maximum atomic E-state index is 14.4. The van der Waals surface area contributed by atoms with Gasteiger partial charge in [0.05, 0.1) is 0 Å². The number of halogens is 1. The molecule has 1 fully saturated rings. The van der Waals surface area contributed by atoms with Gasteiger partial charge < -0.3 is 5.32 Å². The fraction of sp³-hybridized carbons (Fsp3) is 0.692. The average Bonchev–Trinajstić information content (AvgIpc) is 2.70. The predicted octanol–water partition coefficient (Wildman–Crippen LogP) is 3.55. The van der Waals surface area contributed by atoms with Crippen molar-refractivity contribution in [2.75, 3.05) is 6.54 Å². The fourth-order valence-electron chi connectivity index (χ4n) is 2.50. The molecule has 0 spiro atoms. The largest absolute Gasteiger partial charge is 0.314 e. The standard InChI is InChI=1S/C13H20FNS/c1-13(14,8-11-5-7-16-10-11)9-12-4-2-3-6-15-12/h5,7,10,12,15H,2-4,6,8-9H2,1H3. The summed E-state index contributed by atoms with van der Waals surface area (Å²) in [6.45, 7) is 2.79. The highest BCUT2D eigenvalue weighted by Gasteiger charge is 2.28. The molecule has 1 saturated heterocycles. The first kappa shape index (κ1) is 12.1. The van der Waals surface area contributed by atoms with Crippen LogP contribution in [0.4, 0.5) is 4.39 Å². The summed E-state index contributed by atoms with van der Waals surface area (Å²) < 4.78 is 14.4. The van der Waals surface area contributed by atoms with Crippen molar-refractivity contribution in [1.82, 2.24) is 5.32 Å². The molecule has 1 aromatic rings. The molecule has 2 rings (SSSR count). The summed E-state index contributed by atoms with van der Waals surface area (Å²) in [5, 5.41) is 7.48. The molecule has 16 heavy (non-hydrogen) atoms. The van der Waals surface area contributed by atoms with Crippen LogP contribution in [0.2, 0.25) is 0 Å². The van der Waals surface area contributed by atoms with Gasteiger partial charge in [-0.05, 0) is 55.1 Å². The van der Waals surface area contributed by atoms with Gasteiger partial charge in [-0.3, -0.25) is 0 Å². The van der Waals surface area contributed by atoms with E-state index >= 15 is 0 Å². The van der Waals surface area contributed by atoms with Gasteiger partial charge in [-0.1, -0.05) is 6.42 Å². The van der Waals surface area contributed by atoms with E-state index in [0.717, 1.165) is 18.5 Å². The number of alkyl halides is 1. The van der Waals surface area contributed by atoms with Gasteiger partial charge in [-0.2, -0.15) is 11.3 Å². The zero-order valence-electron chi connectivity index (χ0n) is 9.84. The second kappa shape index (κ2) is 5.28. The van der Waals surface area contributed by atoms with Gasteiger partial charge in [-0.15, -0.1) is 0 Å². The first-order valence-electron chi connectivity index (χ1n) is 6.09. The molecule has 1 N–H and O–H groups in total. The Labute approximate surface area is 101 Å². The predicted molar refractivity (Wildman–Crippen MR) is 67.8 cm³/mol. The van der Waals surface area contributed by atoms with E-state index in [1.807, 2.05) is 16.8 Å². The van der Waals surface area contributed by atoms with E-state index in [2.05, 4.69) is 5.32 Å². The first-order valence-corrected chi connectivity index (χ1v) is 7.03. The number of piperidine rings is 1. The minimum Gasteiger partial charge on any atom is -0.314 e. The van der Waals surface area contributed by atoms with Crippen LogP contribution in [0, 0.1) is 0 Å². The molecule has 2 heterocycles. The summed E-state index contributed by atoms with van der Waals surface area (Å²) in [6, 6.07) is 2.40. The molecule has 2 unspecified atom stereocenters. The van der Waals surface area contributed by atoms with Crippen LogP contribution in [0.15, 0.2) is 16.8 Å². The lowest BCUT2D eigenvalue weighted by atomic mass is 9.89. The minimum atomic E-state index is -1.07. The second-order valence-electron chi connectivity index (χ2n) is 5.07. The Bertz CT molecular complexity index is 302. The van der Waals surface area contributed by atoms with Crippen LogP contribution >= 0.6 is 11.3 Å². The van der Waals surface area contributed by atoms with Crippen LogP contribution in [-0.4, -0.2) is 18.3 Å². The molecule has 0 saturated carbocycles. The van der Waals surface area contributed by atoms with Gasteiger partial charge in [-0.25, -0.2) is 4.39 Å².